The van der Waals surface area contributed by atoms with Crippen LogP contribution in [0.3, 0.4) is 0 Å². The van der Waals surface area contributed by atoms with Gasteiger partial charge in [0.1, 0.15) is 5.82 Å². The molecule has 4 rings (SSSR count). The summed E-state index contributed by atoms with van der Waals surface area (Å²) in [7, 11) is 0. The molecule has 5 heteroatoms. The van der Waals surface area contributed by atoms with Crippen LogP contribution in [-0.4, -0.2) is 24.0 Å². The van der Waals surface area contributed by atoms with Crippen molar-refractivity contribution in [1.82, 2.24) is 10.3 Å². The number of hydrogen-bond acceptors (Lipinski definition) is 4. The van der Waals surface area contributed by atoms with Crippen molar-refractivity contribution in [3.8, 4) is 6.07 Å². The Kier molecular flexibility index (Phi) is 4.71. The third kappa shape index (κ3) is 3.61. The number of fused-ring (bicyclic) bond motifs is 1. The van der Waals surface area contributed by atoms with E-state index < -0.39 is 0 Å². The van der Waals surface area contributed by atoms with E-state index in [1.165, 1.54) is 0 Å². The van der Waals surface area contributed by atoms with E-state index in [4.69, 9.17) is 10.2 Å². The first-order valence-corrected chi connectivity index (χ1v) is 9.16. The van der Waals surface area contributed by atoms with Crippen LogP contribution < -0.4 is 10.2 Å². The lowest BCUT2D eigenvalue weighted by Crippen LogP contribution is -2.28. The maximum atomic E-state index is 13.0. The molecule has 1 N–H and O–H groups in total. The Bertz CT molecular complexity index is 1030. The Hall–Kier alpha value is -3.39. The molecule has 2 heterocycles. The maximum Gasteiger partial charge on any atom is 0.255 e. The molecule has 0 spiro atoms. The van der Waals surface area contributed by atoms with Gasteiger partial charge in [0, 0.05) is 25.0 Å². The first-order valence-electron chi connectivity index (χ1n) is 9.16. The highest BCUT2D eigenvalue weighted by Gasteiger charge is 2.22. The second-order valence-corrected chi connectivity index (χ2v) is 6.74. The first-order chi connectivity index (χ1) is 13.2. The van der Waals surface area contributed by atoms with Crippen molar-refractivity contribution in [3.05, 3.63) is 71.3 Å². The predicted octanol–water partition coefficient (Wildman–Crippen LogP) is 3.64. The van der Waals surface area contributed by atoms with Crippen LogP contribution in [-0.2, 0) is 6.54 Å². The van der Waals surface area contributed by atoms with Crippen molar-refractivity contribution in [2.24, 2.45) is 0 Å². The molecule has 0 aliphatic carbocycles. The van der Waals surface area contributed by atoms with Crippen LogP contribution in [0.2, 0.25) is 0 Å². The molecule has 1 aliphatic rings. The number of aromatic nitrogens is 1. The van der Waals surface area contributed by atoms with Gasteiger partial charge in [0.15, 0.2) is 0 Å². The van der Waals surface area contributed by atoms with E-state index in [0.29, 0.717) is 17.7 Å². The smallest absolute Gasteiger partial charge is 0.255 e. The van der Waals surface area contributed by atoms with E-state index in [1.54, 1.807) is 12.1 Å². The van der Waals surface area contributed by atoms with E-state index >= 15 is 0 Å². The van der Waals surface area contributed by atoms with Crippen molar-refractivity contribution in [1.29, 1.82) is 5.26 Å². The molecule has 1 aliphatic heterocycles. The Morgan fingerprint density at radius 3 is 2.74 bits per heavy atom. The Morgan fingerprint density at radius 2 is 1.93 bits per heavy atom. The quantitative estimate of drug-likeness (QED) is 0.775. The van der Waals surface area contributed by atoms with Crippen molar-refractivity contribution in [3.63, 3.8) is 0 Å². The van der Waals surface area contributed by atoms with Gasteiger partial charge in [-0.1, -0.05) is 30.3 Å². The maximum absolute atomic E-state index is 13.0. The lowest BCUT2D eigenvalue weighted by molar-refractivity contribution is 0.0951. The zero-order valence-corrected chi connectivity index (χ0v) is 15.0. The molecule has 0 saturated carbocycles. The van der Waals surface area contributed by atoms with Crippen LogP contribution in [0.4, 0.5) is 5.82 Å². The summed E-state index contributed by atoms with van der Waals surface area (Å²) < 4.78 is 0. The van der Waals surface area contributed by atoms with Gasteiger partial charge in [-0.3, -0.25) is 4.79 Å². The molecule has 5 nitrogen and oxygen atoms in total. The molecule has 1 saturated heterocycles. The molecule has 1 amide bonds. The standard InChI is InChI=1S/C22H20N4O/c23-14-16-6-5-7-17(12-16)15-24-22(27)19-13-18-8-1-2-9-20(18)25-21(19)26-10-3-4-11-26/h1-2,5-9,12-13H,3-4,10-11,15H2,(H,24,27). The molecule has 134 valence electrons. The summed E-state index contributed by atoms with van der Waals surface area (Å²) in [5, 5.41) is 13.0. The van der Waals surface area contributed by atoms with Crippen LogP contribution >= 0.6 is 0 Å². The highest BCUT2D eigenvalue weighted by molar-refractivity contribution is 6.02. The van der Waals surface area contributed by atoms with Gasteiger partial charge in [0.25, 0.3) is 5.91 Å². The minimum absolute atomic E-state index is 0.141. The average Bonchev–Trinajstić information content (AvgIpc) is 3.26. The molecule has 3 aromatic rings. The summed E-state index contributed by atoms with van der Waals surface area (Å²) in [6.07, 6.45) is 2.24. The topological polar surface area (TPSA) is 69.0 Å². The molecule has 1 aromatic heterocycles. The number of amides is 1. The zero-order valence-electron chi connectivity index (χ0n) is 15.0. The van der Waals surface area contributed by atoms with Crippen molar-refractivity contribution < 1.29 is 4.79 Å². The number of carbonyl (C=O) groups is 1. The lowest BCUT2D eigenvalue weighted by Gasteiger charge is -2.20. The summed E-state index contributed by atoms with van der Waals surface area (Å²) in [6, 6.07) is 19.2. The predicted molar refractivity (Wildman–Crippen MR) is 106 cm³/mol. The number of pyridine rings is 1. The van der Waals surface area contributed by atoms with Crippen LogP contribution in [0.5, 0.6) is 0 Å². The van der Waals surface area contributed by atoms with Gasteiger partial charge in [-0.15, -0.1) is 0 Å². The normalized spacial score (nSPS) is 13.5. The van der Waals surface area contributed by atoms with Gasteiger partial charge in [-0.2, -0.15) is 5.26 Å². The minimum atomic E-state index is -0.141. The van der Waals surface area contributed by atoms with Gasteiger partial charge >= 0.3 is 0 Å². The van der Waals surface area contributed by atoms with Crippen LogP contribution in [0.1, 0.15) is 34.3 Å². The van der Waals surface area contributed by atoms with Crippen molar-refractivity contribution in [2.45, 2.75) is 19.4 Å². The third-order valence-electron chi connectivity index (χ3n) is 4.86. The summed E-state index contributed by atoms with van der Waals surface area (Å²) >= 11 is 0. The molecule has 0 unspecified atom stereocenters. The Labute approximate surface area is 158 Å². The molecular weight excluding hydrogens is 336 g/mol. The highest BCUT2D eigenvalue weighted by Crippen LogP contribution is 2.26. The molecule has 27 heavy (non-hydrogen) atoms. The number of carbonyl (C=O) groups excluding carboxylic acids is 1. The Morgan fingerprint density at radius 1 is 1.11 bits per heavy atom. The number of hydrogen-bond donors (Lipinski definition) is 1. The van der Waals surface area contributed by atoms with E-state index in [0.717, 1.165) is 48.2 Å². The van der Waals surface area contributed by atoms with Crippen LogP contribution in [0.25, 0.3) is 10.9 Å². The first kappa shape index (κ1) is 17.0. The molecule has 0 atom stereocenters. The summed E-state index contributed by atoms with van der Waals surface area (Å²) in [5.74, 6) is 0.618. The van der Waals surface area contributed by atoms with E-state index in [2.05, 4.69) is 16.3 Å². The number of anilines is 1. The fourth-order valence-electron chi connectivity index (χ4n) is 3.47. The molecule has 2 aromatic carbocycles. The molecule has 0 bridgehead atoms. The monoisotopic (exact) mass is 356 g/mol. The summed E-state index contributed by atoms with van der Waals surface area (Å²) in [5.41, 5.74) is 3.00. The average molecular weight is 356 g/mol. The lowest BCUT2D eigenvalue weighted by atomic mass is 10.1. The highest BCUT2D eigenvalue weighted by atomic mass is 16.1. The van der Waals surface area contributed by atoms with Crippen LogP contribution in [0, 0.1) is 11.3 Å². The number of nitriles is 1. The van der Waals surface area contributed by atoms with E-state index in [9.17, 15) is 4.79 Å². The van der Waals surface area contributed by atoms with Gasteiger partial charge < -0.3 is 10.2 Å². The second kappa shape index (κ2) is 7.46. The summed E-state index contributed by atoms with van der Waals surface area (Å²) in [6.45, 7) is 2.23. The Balaban J connectivity index is 1.63. The van der Waals surface area contributed by atoms with Gasteiger partial charge in [0.2, 0.25) is 0 Å². The molecule has 1 fully saturated rings. The molecule has 0 radical (unpaired) electrons. The number of para-hydroxylation sites is 1. The molecular formula is C22H20N4O. The number of rotatable bonds is 4. The van der Waals surface area contributed by atoms with Crippen LogP contribution in [0.15, 0.2) is 54.6 Å². The minimum Gasteiger partial charge on any atom is -0.356 e. The second-order valence-electron chi connectivity index (χ2n) is 6.74. The fourth-order valence-corrected chi connectivity index (χ4v) is 3.47. The van der Waals surface area contributed by atoms with Crippen molar-refractivity contribution in [2.75, 3.05) is 18.0 Å². The number of benzene rings is 2. The fraction of sp³-hybridized carbons (Fsp3) is 0.227. The number of nitrogens with zero attached hydrogens (tertiary/aromatic N) is 3. The number of nitrogens with one attached hydrogen (secondary N) is 1. The SMILES string of the molecule is N#Cc1cccc(CNC(=O)c2cc3ccccc3nc2N2CCCC2)c1. The van der Waals surface area contributed by atoms with Gasteiger partial charge in [0.05, 0.1) is 22.7 Å². The zero-order chi connectivity index (χ0) is 18.6. The summed E-state index contributed by atoms with van der Waals surface area (Å²) in [4.78, 5) is 19.9. The van der Waals surface area contributed by atoms with E-state index in [-0.39, 0.29) is 5.91 Å². The van der Waals surface area contributed by atoms with Gasteiger partial charge in [-0.25, -0.2) is 4.98 Å². The third-order valence-corrected chi connectivity index (χ3v) is 4.86. The van der Waals surface area contributed by atoms with E-state index in [1.807, 2.05) is 42.5 Å². The van der Waals surface area contributed by atoms with Crippen molar-refractivity contribution >= 4 is 22.6 Å². The largest absolute Gasteiger partial charge is 0.356 e. The van der Waals surface area contributed by atoms with Gasteiger partial charge in [-0.05, 0) is 42.7 Å².